The number of amides is 3. The summed E-state index contributed by atoms with van der Waals surface area (Å²) in [5.74, 6) is 0.114. The zero-order chi connectivity index (χ0) is 21.1. The molecule has 3 amide bonds. The van der Waals surface area contributed by atoms with Gasteiger partial charge in [-0.3, -0.25) is 19.3 Å². The van der Waals surface area contributed by atoms with Crippen molar-refractivity contribution >= 4 is 23.4 Å². The summed E-state index contributed by atoms with van der Waals surface area (Å²) in [5.41, 5.74) is 3.35. The number of carbonyl (C=O) groups is 3. The average molecular weight is 392 g/mol. The van der Waals surface area contributed by atoms with E-state index in [9.17, 15) is 14.4 Å². The largest absolute Gasteiger partial charge is 0.345 e. The van der Waals surface area contributed by atoms with Gasteiger partial charge in [-0.15, -0.1) is 0 Å². The monoisotopic (exact) mass is 392 g/mol. The van der Waals surface area contributed by atoms with E-state index in [2.05, 4.69) is 57.3 Å². The highest BCUT2D eigenvalue weighted by Crippen LogP contribution is 2.26. The molecule has 3 rings (SSSR count). The second-order valence-electron chi connectivity index (χ2n) is 8.19. The topological polar surface area (TPSA) is 66.5 Å². The molecular weight excluding hydrogens is 364 g/mol. The SMILES string of the molecule is CC(C)c1ccc(C(NC(=O)c2ccc(N3C(=O)CCC3=O)cc2)C(C)C)cc1. The van der Waals surface area contributed by atoms with Gasteiger partial charge < -0.3 is 5.32 Å². The predicted octanol–water partition coefficient (Wildman–Crippen LogP) is 4.59. The van der Waals surface area contributed by atoms with Crippen LogP contribution in [0.3, 0.4) is 0 Å². The number of nitrogens with zero attached hydrogens (tertiary/aromatic N) is 1. The molecule has 0 aromatic heterocycles. The van der Waals surface area contributed by atoms with E-state index in [-0.39, 0.29) is 42.5 Å². The van der Waals surface area contributed by atoms with Crippen molar-refractivity contribution in [3.05, 3.63) is 65.2 Å². The summed E-state index contributed by atoms with van der Waals surface area (Å²) in [6.45, 7) is 8.47. The minimum Gasteiger partial charge on any atom is -0.345 e. The third kappa shape index (κ3) is 4.56. The van der Waals surface area contributed by atoms with Crippen molar-refractivity contribution in [3.63, 3.8) is 0 Å². The van der Waals surface area contributed by atoms with Gasteiger partial charge in [0, 0.05) is 18.4 Å². The summed E-state index contributed by atoms with van der Waals surface area (Å²) in [4.78, 5) is 37.7. The van der Waals surface area contributed by atoms with Gasteiger partial charge in [-0.1, -0.05) is 52.0 Å². The first-order valence-corrected chi connectivity index (χ1v) is 10.1. The third-order valence-corrected chi connectivity index (χ3v) is 5.35. The molecule has 0 radical (unpaired) electrons. The van der Waals surface area contributed by atoms with Gasteiger partial charge in [0.25, 0.3) is 5.91 Å². The molecule has 0 bridgehead atoms. The van der Waals surface area contributed by atoms with Gasteiger partial charge in [0.15, 0.2) is 0 Å². The van der Waals surface area contributed by atoms with Gasteiger partial charge in [0.1, 0.15) is 0 Å². The molecule has 1 aliphatic rings. The summed E-state index contributed by atoms with van der Waals surface area (Å²) < 4.78 is 0. The van der Waals surface area contributed by atoms with Crippen molar-refractivity contribution in [1.29, 1.82) is 0 Å². The van der Waals surface area contributed by atoms with Crippen LogP contribution in [0.4, 0.5) is 5.69 Å². The molecule has 1 unspecified atom stereocenters. The van der Waals surface area contributed by atoms with Gasteiger partial charge in [-0.05, 0) is 47.2 Å². The average Bonchev–Trinajstić information content (AvgIpc) is 3.04. The van der Waals surface area contributed by atoms with E-state index in [1.54, 1.807) is 24.3 Å². The second kappa shape index (κ2) is 8.60. The fourth-order valence-corrected chi connectivity index (χ4v) is 3.57. The molecule has 1 saturated heterocycles. The lowest BCUT2D eigenvalue weighted by Gasteiger charge is -2.24. The zero-order valence-corrected chi connectivity index (χ0v) is 17.4. The minimum absolute atomic E-state index is 0.106. The Balaban J connectivity index is 1.74. The number of benzene rings is 2. The molecule has 2 aromatic rings. The first-order valence-electron chi connectivity index (χ1n) is 10.1. The molecule has 0 saturated carbocycles. The van der Waals surface area contributed by atoms with E-state index in [0.29, 0.717) is 17.2 Å². The Kier molecular flexibility index (Phi) is 6.16. The van der Waals surface area contributed by atoms with Crippen LogP contribution in [0.1, 0.15) is 74.0 Å². The van der Waals surface area contributed by atoms with Crippen LogP contribution in [0.15, 0.2) is 48.5 Å². The van der Waals surface area contributed by atoms with E-state index in [0.717, 1.165) is 5.56 Å². The summed E-state index contributed by atoms with van der Waals surface area (Å²) in [5, 5.41) is 3.12. The molecule has 2 aromatic carbocycles. The Hall–Kier alpha value is -2.95. The molecule has 1 heterocycles. The van der Waals surface area contributed by atoms with Crippen molar-refractivity contribution in [3.8, 4) is 0 Å². The number of hydrogen-bond acceptors (Lipinski definition) is 3. The number of imide groups is 1. The first-order chi connectivity index (χ1) is 13.8. The van der Waals surface area contributed by atoms with E-state index in [1.807, 2.05) is 0 Å². The molecule has 29 heavy (non-hydrogen) atoms. The van der Waals surface area contributed by atoms with Crippen LogP contribution in [0.2, 0.25) is 0 Å². The summed E-state index contributed by atoms with van der Waals surface area (Å²) in [7, 11) is 0. The predicted molar refractivity (Wildman–Crippen MR) is 114 cm³/mol. The van der Waals surface area contributed by atoms with Gasteiger partial charge in [-0.25, -0.2) is 0 Å². The van der Waals surface area contributed by atoms with Gasteiger partial charge in [0.2, 0.25) is 11.8 Å². The maximum absolute atomic E-state index is 12.8. The van der Waals surface area contributed by atoms with Crippen LogP contribution >= 0.6 is 0 Å². The summed E-state index contributed by atoms with van der Waals surface area (Å²) >= 11 is 0. The van der Waals surface area contributed by atoms with Crippen molar-refractivity contribution in [2.24, 2.45) is 5.92 Å². The van der Waals surface area contributed by atoms with Gasteiger partial charge in [-0.2, -0.15) is 0 Å². The van der Waals surface area contributed by atoms with Gasteiger partial charge in [0.05, 0.1) is 11.7 Å². The Morgan fingerprint density at radius 3 is 1.83 bits per heavy atom. The van der Waals surface area contributed by atoms with Crippen molar-refractivity contribution < 1.29 is 14.4 Å². The number of nitrogens with one attached hydrogen (secondary N) is 1. The van der Waals surface area contributed by atoms with Crippen molar-refractivity contribution in [2.75, 3.05) is 4.90 Å². The zero-order valence-electron chi connectivity index (χ0n) is 17.4. The van der Waals surface area contributed by atoms with Crippen LogP contribution in [0.25, 0.3) is 0 Å². The molecule has 0 aliphatic carbocycles. The molecule has 1 fully saturated rings. The van der Waals surface area contributed by atoms with Crippen LogP contribution in [0.5, 0.6) is 0 Å². The highest BCUT2D eigenvalue weighted by atomic mass is 16.2. The Morgan fingerprint density at radius 2 is 1.34 bits per heavy atom. The number of anilines is 1. The first kappa shape index (κ1) is 20.8. The lowest BCUT2D eigenvalue weighted by molar-refractivity contribution is -0.121. The van der Waals surface area contributed by atoms with E-state index < -0.39 is 0 Å². The molecule has 1 atom stereocenters. The lowest BCUT2D eigenvalue weighted by atomic mass is 9.93. The Bertz CT molecular complexity index is 883. The normalized spacial score (nSPS) is 15.3. The van der Waals surface area contributed by atoms with Crippen LogP contribution in [-0.2, 0) is 9.59 Å². The van der Waals surface area contributed by atoms with Crippen LogP contribution < -0.4 is 10.2 Å². The lowest BCUT2D eigenvalue weighted by Crippen LogP contribution is -2.32. The van der Waals surface area contributed by atoms with E-state index >= 15 is 0 Å². The molecule has 5 nitrogen and oxygen atoms in total. The number of hydrogen-bond donors (Lipinski definition) is 1. The maximum Gasteiger partial charge on any atom is 0.251 e. The number of carbonyl (C=O) groups excluding carboxylic acids is 3. The van der Waals surface area contributed by atoms with E-state index in [4.69, 9.17) is 0 Å². The molecule has 1 N–H and O–H groups in total. The summed E-state index contributed by atoms with van der Waals surface area (Å²) in [6.07, 6.45) is 0.486. The maximum atomic E-state index is 12.8. The van der Waals surface area contributed by atoms with E-state index in [1.165, 1.54) is 10.5 Å². The Labute approximate surface area is 172 Å². The smallest absolute Gasteiger partial charge is 0.251 e. The quantitative estimate of drug-likeness (QED) is 0.731. The van der Waals surface area contributed by atoms with Crippen molar-refractivity contribution in [1.82, 2.24) is 5.32 Å². The van der Waals surface area contributed by atoms with Crippen LogP contribution in [-0.4, -0.2) is 17.7 Å². The molecule has 5 heteroatoms. The molecule has 1 aliphatic heterocycles. The minimum atomic E-state index is -0.197. The fourth-order valence-electron chi connectivity index (χ4n) is 3.57. The fraction of sp³-hybridized carbons (Fsp3) is 0.375. The molecule has 152 valence electrons. The second-order valence-corrected chi connectivity index (χ2v) is 8.19. The molecule has 0 spiro atoms. The number of rotatable bonds is 6. The highest BCUT2D eigenvalue weighted by molar-refractivity contribution is 6.19. The van der Waals surface area contributed by atoms with Crippen molar-refractivity contribution in [2.45, 2.75) is 52.5 Å². The van der Waals surface area contributed by atoms with Crippen LogP contribution in [0, 0.1) is 5.92 Å². The van der Waals surface area contributed by atoms with Gasteiger partial charge >= 0.3 is 0 Å². The molecular formula is C24H28N2O3. The summed E-state index contributed by atoms with van der Waals surface area (Å²) in [6, 6.07) is 14.9. The Morgan fingerprint density at radius 1 is 0.828 bits per heavy atom. The third-order valence-electron chi connectivity index (χ3n) is 5.35. The highest BCUT2D eigenvalue weighted by Gasteiger charge is 2.30. The standard InChI is InChI=1S/C24H28N2O3/c1-15(2)17-5-7-18(8-6-17)23(16(3)4)25-24(29)19-9-11-20(12-10-19)26-21(27)13-14-22(26)28/h5-12,15-16,23H,13-14H2,1-4H3,(H,25,29).